The van der Waals surface area contributed by atoms with Crippen molar-refractivity contribution in [2.45, 2.75) is 38.5 Å². The van der Waals surface area contributed by atoms with E-state index in [1.165, 1.54) is 111 Å². The molecule has 11 aromatic rings. The van der Waals surface area contributed by atoms with E-state index in [0.29, 0.717) is 0 Å². The van der Waals surface area contributed by atoms with Gasteiger partial charge in [-0.2, -0.15) is 0 Å². The Morgan fingerprint density at radius 3 is 1.61 bits per heavy atom. The highest BCUT2D eigenvalue weighted by atomic mass is 15.1. The van der Waals surface area contributed by atoms with Crippen LogP contribution in [0.25, 0.3) is 82.8 Å². The molecule has 0 bridgehead atoms. The van der Waals surface area contributed by atoms with E-state index in [1.54, 1.807) is 0 Å². The summed E-state index contributed by atoms with van der Waals surface area (Å²) in [6.07, 6.45) is 0. The molecule has 0 spiro atoms. The quantitative estimate of drug-likeness (QED) is 0.162. The van der Waals surface area contributed by atoms with Crippen LogP contribution in [0.2, 0.25) is 0 Å². The van der Waals surface area contributed by atoms with Crippen molar-refractivity contribution >= 4 is 49.6 Å². The first kappa shape index (κ1) is 38.5. The van der Waals surface area contributed by atoms with Crippen molar-refractivity contribution in [3.05, 3.63) is 241 Å². The Morgan fingerprint density at radius 1 is 0.348 bits per heavy atom. The van der Waals surface area contributed by atoms with Crippen molar-refractivity contribution in [1.82, 2.24) is 4.57 Å². The third-order valence-corrected chi connectivity index (χ3v) is 15.0. The van der Waals surface area contributed by atoms with E-state index in [-0.39, 0.29) is 10.8 Å². The predicted octanol–water partition coefficient (Wildman–Crippen LogP) is 17.4. The van der Waals surface area contributed by atoms with Crippen LogP contribution < -0.4 is 4.90 Å². The maximum Gasteiger partial charge on any atom is 0.0543 e. The second-order valence-electron chi connectivity index (χ2n) is 19.3. The summed E-state index contributed by atoms with van der Waals surface area (Å²) in [7, 11) is 0. The number of nitrogens with zero attached hydrogens (tertiary/aromatic N) is 2. The lowest BCUT2D eigenvalue weighted by Crippen LogP contribution is -2.19. The van der Waals surface area contributed by atoms with Crippen LogP contribution in [0.1, 0.15) is 49.9 Å². The Kier molecular flexibility index (Phi) is 8.33. The summed E-state index contributed by atoms with van der Waals surface area (Å²) in [6, 6.07) is 81.1. The van der Waals surface area contributed by atoms with Gasteiger partial charge in [0.2, 0.25) is 0 Å². The Morgan fingerprint density at radius 2 is 0.894 bits per heavy atom. The summed E-state index contributed by atoms with van der Waals surface area (Å²) in [6.45, 7) is 9.65. The Hall–Kier alpha value is -7.94. The third-order valence-electron chi connectivity index (χ3n) is 15.0. The minimum Gasteiger partial charge on any atom is -0.310 e. The van der Waals surface area contributed by atoms with Gasteiger partial charge in [-0.05, 0) is 139 Å². The fourth-order valence-electron chi connectivity index (χ4n) is 11.6. The normalized spacial score (nSPS) is 14.0. The van der Waals surface area contributed by atoms with Gasteiger partial charge in [-0.25, -0.2) is 0 Å². The molecule has 314 valence electrons. The second-order valence-corrected chi connectivity index (χ2v) is 19.3. The molecule has 0 saturated carbocycles. The molecule has 66 heavy (non-hydrogen) atoms. The average molecular weight is 845 g/mol. The first-order chi connectivity index (χ1) is 32.3. The Labute approximate surface area is 386 Å². The predicted molar refractivity (Wildman–Crippen MR) is 279 cm³/mol. The fourth-order valence-corrected chi connectivity index (χ4v) is 11.6. The van der Waals surface area contributed by atoms with Crippen molar-refractivity contribution in [2.24, 2.45) is 0 Å². The summed E-state index contributed by atoms with van der Waals surface area (Å²) in [4.78, 5) is 2.49. The summed E-state index contributed by atoms with van der Waals surface area (Å²) in [5.74, 6) is 0. The number of benzene rings is 10. The molecule has 0 aliphatic heterocycles. The largest absolute Gasteiger partial charge is 0.310 e. The molecule has 2 nitrogen and oxygen atoms in total. The van der Waals surface area contributed by atoms with Crippen LogP contribution in [0, 0.1) is 0 Å². The standard InChI is InChI=1S/C64H48N2/c1-63(2)54-23-15-25-60(62(54)53-39-52-56(40-57(53)63)64(3,4)55-36-30-44-18-11-12-21-49(44)61(52)55)65(47-32-26-42(27-33-47)41-16-7-5-8-17-41)48-34-28-43(29-35-48)45-31-37-59-51(38-45)50-22-13-14-24-58(50)66(59)46-19-9-6-10-20-46/h5-40H,1-4H3. The number of rotatable bonds is 6. The van der Waals surface area contributed by atoms with Gasteiger partial charge in [-0.15, -0.1) is 0 Å². The van der Waals surface area contributed by atoms with E-state index >= 15 is 0 Å². The highest BCUT2D eigenvalue weighted by Gasteiger charge is 2.43. The van der Waals surface area contributed by atoms with Gasteiger partial charge in [0.15, 0.2) is 0 Å². The molecule has 1 aromatic heterocycles. The number of fused-ring (bicyclic) bond motifs is 11. The summed E-state index contributed by atoms with van der Waals surface area (Å²) >= 11 is 0. The first-order valence-corrected chi connectivity index (χ1v) is 23.3. The lowest BCUT2D eigenvalue weighted by Gasteiger charge is -2.29. The summed E-state index contributed by atoms with van der Waals surface area (Å²) < 4.78 is 2.38. The van der Waals surface area contributed by atoms with Crippen molar-refractivity contribution in [2.75, 3.05) is 4.90 Å². The zero-order valence-corrected chi connectivity index (χ0v) is 37.7. The minimum absolute atomic E-state index is 0.116. The van der Waals surface area contributed by atoms with Crippen LogP contribution in [0.3, 0.4) is 0 Å². The van der Waals surface area contributed by atoms with Crippen molar-refractivity contribution in [3.63, 3.8) is 0 Å². The second kappa shape index (κ2) is 14.3. The monoisotopic (exact) mass is 844 g/mol. The molecular formula is C64H48N2. The fraction of sp³-hybridized carbons (Fsp3) is 0.0938. The van der Waals surface area contributed by atoms with E-state index in [2.05, 4.69) is 256 Å². The van der Waals surface area contributed by atoms with Gasteiger partial charge in [0.1, 0.15) is 0 Å². The summed E-state index contributed by atoms with van der Waals surface area (Å²) in [5, 5.41) is 5.12. The number of aromatic nitrogens is 1. The highest BCUT2D eigenvalue weighted by Crippen LogP contribution is 2.59. The maximum atomic E-state index is 2.56. The SMILES string of the molecule is CC1(C)c2cc3c(cc2-c2c(N(c4ccc(-c5ccccc5)cc4)c4ccc(-c5ccc6c(c5)c5ccccc5n6-c5ccccc5)cc4)cccc21)-c1c(ccc2ccccc12)C3(C)C. The molecule has 2 aliphatic rings. The van der Waals surface area contributed by atoms with Crippen molar-refractivity contribution < 1.29 is 0 Å². The van der Waals surface area contributed by atoms with Crippen LogP contribution in [0.4, 0.5) is 17.1 Å². The zero-order chi connectivity index (χ0) is 44.3. The smallest absolute Gasteiger partial charge is 0.0543 e. The van der Waals surface area contributed by atoms with Gasteiger partial charge < -0.3 is 9.47 Å². The lowest BCUT2D eigenvalue weighted by atomic mass is 9.77. The summed E-state index contributed by atoms with van der Waals surface area (Å²) in [5.41, 5.74) is 22.5. The molecule has 10 aromatic carbocycles. The van der Waals surface area contributed by atoms with Gasteiger partial charge in [-0.1, -0.05) is 179 Å². The van der Waals surface area contributed by atoms with Crippen LogP contribution in [0.15, 0.2) is 218 Å². The Bertz CT molecular complexity index is 3720. The topological polar surface area (TPSA) is 8.17 Å². The average Bonchev–Trinajstić information content (AvgIpc) is 3.91. The molecular weight excluding hydrogens is 797 g/mol. The van der Waals surface area contributed by atoms with E-state index in [0.717, 1.165) is 11.4 Å². The van der Waals surface area contributed by atoms with Gasteiger partial charge in [0.05, 0.1) is 16.7 Å². The molecule has 2 heteroatoms. The van der Waals surface area contributed by atoms with Crippen LogP contribution in [0.5, 0.6) is 0 Å². The maximum absolute atomic E-state index is 2.56. The number of hydrogen-bond donors (Lipinski definition) is 0. The highest BCUT2D eigenvalue weighted by molar-refractivity contribution is 6.11. The van der Waals surface area contributed by atoms with Crippen LogP contribution in [-0.4, -0.2) is 4.57 Å². The lowest BCUT2D eigenvalue weighted by molar-refractivity contribution is 0.639. The van der Waals surface area contributed by atoms with Gasteiger partial charge in [0.25, 0.3) is 0 Å². The van der Waals surface area contributed by atoms with Gasteiger partial charge in [-0.3, -0.25) is 0 Å². The Balaban J connectivity index is 0.977. The van der Waals surface area contributed by atoms with E-state index in [1.807, 2.05) is 0 Å². The van der Waals surface area contributed by atoms with E-state index in [4.69, 9.17) is 0 Å². The molecule has 0 fully saturated rings. The first-order valence-electron chi connectivity index (χ1n) is 23.3. The third kappa shape index (κ3) is 5.61. The van der Waals surface area contributed by atoms with Gasteiger partial charge in [0, 0.05) is 44.2 Å². The molecule has 0 radical (unpaired) electrons. The van der Waals surface area contributed by atoms with Crippen molar-refractivity contribution in [1.29, 1.82) is 0 Å². The molecule has 0 saturated heterocycles. The van der Waals surface area contributed by atoms with E-state index < -0.39 is 0 Å². The van der Waals surface area contributed by atoms with Crippen LogP contribution in [-0.2, 0) is 10.8 Å². The minimum atomic E-state index is -0.197. The molecule has 0 amide bonds. The van der Waals surface area contributed by atoms with Gasteiger partial charge >= 0.3 is 0 Å². The van der Waals surface area contributed by atoms with Crippen molar-refractivity contribution in [3.8, 4) is 50.2 Å². The molecule has 1 heterocycles. The van der Waals surface area contributed by atoms with E-state index in [9.17, 15) is 0 Å². The number of para-hydroxylation sites is 2. The molecule has 0 unspecified atom stereocenters. The molecule has 13 rings (SSSR count). The molecule has 0 N–H and O–H groups in total. The molecule has 2 aliphatic carbocycles. The molecule has 0 atom stereocenters. The van der Waals surface area contributed by atoms with Crippen LogP contribution >= 0.6 is 0 Å². The number of hydrogen-bond acceptors (Lipinski definition) is 1. The zero-order valence-electron chi connectivity index (χ0n) is 37.7. The number of anilines is 3.